The highest BCUT2D eigenvalue weighted by atomic mass is 79.9. The smallest absolute Gasteiger partial charge is 0.264 e. The minimum Gasteiger partial charge on any atom is -0.311 e. The number of carbonyl (C=O) groups excluding carboxylic acids is 1. The van der Waals surface area contributed by atoms with Crippen LogP contribution >= 0.6 is 31.9 Å². The molecule has 0 bridgehead atoms. The maximum absolute atomic E-state index is 12.9. The number of benzene rings is 2. The zero-order chi connectivity index (χ0) is 17.5. The molecule has 0 saturated heterocycles. The first kappa shape index (κ1) is 17.4. The highest BCUT2D eigenvalue weighted by molar-refractivity contribution is 9.10. The number of sulfonamides is 1. The molecule has 8 heteroatoms. The summed E-state index contributed by atoms with van der Waals surface area (Å²) >= 11 is 6.67. The number of hydrogen-bond acceptors (Lipinski definition) is 3. The topological polar surface area (TPSA) is 66.5 Å². The minimum absolute atomic E-state index is 0.0995. The van der Waals surface area contributed by atoms with Crippen molar-refractivity contribution >= 4 is 59.2 Å². The molecule has 0 spiro atoms. The Morgan fingerprint density at radius 1 is 1.12 bits per heavy atom. The Labute approximate surface area is 157 Å². The van der Waals surface area contributed by atoms with Crippen LogP contribution in [0.15, 0.2) is 50.2 Å². The first-order valence-corrected chi connectivity index (χ1v) is 10.2. The van der Waals surface area contributed by atoms with Crippen LogP contribution in [0.1, 0.15) is 12.5 Å². The average Bonchev–Trinajstić information content (AvgIpc) is 2.92. The van der Waals surface area contributed by atoms with E-state index in [9.17, 15) is 13.2 Å². The van der Waals surface area contributed by atoms with Gasteiger partial charge in [-0.05, 0) is 48.4 Å². The Hall–Kier alpha value is -1.38. The number of anilines is 2. The number of halogens is 2. The largest absolute Gasteiger partial charge is 0.311 e. The first-order valence-electron chi connectivity index (χ1n) is 7.17. The van der Waals surface area contributed by atoms with Crippen molar-refractivity contribution in [1.29, 1.82) is 0 Å². The van der Waals surface area contributed by atoms with Gasteiger partial charge < -0.3 is 4.90 Å². The number of rotatable bonds is 3. The SMILES string of the molecule is CC(=O)N1CCc2cc(Br)cc(S(=O)(=O)Nc3ccc(Br)cc3)c21. The van der Waals surface area contributed by atoms with Crippen LogP contribution in [-0.4, -0.2) is 20.9 Å². The summed E-state index contributed by atoms with van der Waals surface area (Å²) in [6, 6.07) is 10.2. The molecule has 126 valence electrons. The average molecular weight is 474 g/mol. The molecule has 0 saturated carbocycles. The molecule has 1 aliphatic heterocycles. The second kappa shape index (κ2) is 6.50. The van der Waals surface area contributed by atoms with Gasteiger partial charge in [0.25, 0.3) is 10.0 Å². The van der Waals surface area contributed by atoms with Crippen LogP contribution < -0.4 is 9.62 Å². The van der Waals surface area contributed by atoms with E-state index < -0.39 is 10.0 Å². The van der Waals surface area contributed by atoms with Crippen molar-refractivity contribution in [3.63, 3.8) is 0 Å². The van der Waals surface area contributed by atoms with Crippen molar-refractivity contribution < 1.29 is 13.2 Å². The maximum Gasteiger partial charge on any atom is 0.264 e. The molecule has 1 aliphatic rings. The zero-order valence-electron chi connectivity index (χ0n) is 12.7. The third-order valence-electron chi connectivity index (χ3n) is 3.76. The molecule has 0 atom stereocenters. The van der Waals surface area contributed by atoms with E-state index in [0.29, 0.717) is 28.8 Å². The second-order valence-corrected chi connectivity index (χ2v) is 8.93. The molecule has 0 radical (unpaired) electrons. The van der Waals surface area contributed by atoms with Crippen molar-refractivity contribution in [1.82, 2.24) is 0 Å². The molecule has 1 heterocycles. The molecule has 0 fully saturated rings. The minimum atomic E-state index is -3.83. The van der Waals surface area contributed by atoms with E-state index in [4.69, 9.17) is 0 Å². The Balaban J connectivity index is 2.08. The number of hydrogen-bond donors (Lipinski definition) is 1. The van der Waals surface area contributed by atoms with E-state index in [2.05, 4.69) is 36.6 Å². The molecule has 0 unspecified atom stereocenters. The lowest BCUT2D eigenvalue weighted by Gasteiger charge is -2.19. The summed E-state index contributed by atoms with van der Waals surface area (Å²) in [5, 5.41) is 0. The molecule has 2 aromatic rings. The van der Waals surface area contributed by atoms with Gasteiger partial charge in [0.15, 0.2) is 0 Å². The van der Waals surface area contributed by atoms with Crippen molar-refractivity contribution in [3.05, 3.63) is 50.9 Å². The molecule has 5 nitrogen and oxygen atoms in total. The van der Waals surface area contributed by atoms with E-state index in [0.717, 1.165) is 10.0 Å². The van der Waals surface area contributed by atoms with Crippen molar-refractivity contribution in [2.45, 2.75) is 18.2 Å². The number of nitrogens with zero attached hydrogens (tertiary/aromatic N) is 1. The second-order valence-electron chi connectivity index (χ2n) is 5.44. The third-order valence-corrected chi connectivity index (χ3v) is 6.14. The predicted octanol–water partition coefficient (Wildman–Crippen LogP) is 3.92. The van der Waals surface area contributed by atoms with Crippen molar-refractivity contribution in [3.8, 4) is 0 Å². The summed E-state index contributed by atoms with van der Waals surface area (Å²) in [5.41, 5.74) is 1.77. The molecule has 0 aromatic heterocycles. The lowest BCUT2D eigenvalue weighted by molar-refractivity contribution is -0.116. The molecule has 3 rings (SSSR count). The van der Waals surface area contributed by atoms with Crippen LogP contribution in [-0.2, 0) is 21.2 Å². The number of carbonyl (C=O) groups is 1. The van der Waals surface area contributed by atoms with Crippen LogP contribution in [0.4, 0.5) is 11.4 Å². The van der Waals surface area contributed by atoms with E-state index in [1.54, 1.807) is 24.3 Å². The lowest BCUT2D eigenvalue weighted by atomic mass is 10.2. The molecular formula is C16H14Br2N2O3S. The standard InChI is InChI=1S/C16H14Br2N2O3S/c1-10(21)20-7-6-11-8-13(18)9-15(16(11)20)24(22,23)19-14-4-2-12(17)3-5-14/h2-5,8-9,19H,6-7H2,1H3. The quantitative estimate of drug-likeness (QED) is 0.734. The van der Waals surface area contributed by atoms with E-state index in [-0.39, 0.29) is 10.8 Å². The summed E-state index contributed by atoms with van der Waals surface area (Å²) < 4.78 is 29.9. The lowest BCUT2D eigenvalue weighted by Crippen LogP contribution is -2.28. The summed E-state index contributed by atoms with van der Waals surface area (Å²) in [4.78, 5) is 13.5. The predicted molar refractivity (Wildman–Crippen MR) is 101 cm³/mol. The van der Waals surface area contributed by atoms with Crippen molar-refractivity contribution in [2.75, 3.05) is 16.2 Å². The zero-order valence-corrected chi connectivity index (χ0v) is 16.7. The van der Waals surface area contributed by atoms with E-state index in [1.807, 2.05) is 6.07 Å². The Morgan fingerprint density at radius 3 is 2.42 bits per heavy atom. The van der Waals surface area contributed by atoms with Gasteiger partial charge in [-0.25, -0.2) is 8.42 Å². The van der Waals surface area contributed by atoms with Gasteiger partial charge in [-0.15, -0.1) is 0 Å². The van der Waals surface area contributed by atoms with Crippen molar-refractivity contribution in [2.24, 2.45) is 0 Å². The van der Waals surface area contributed by atoms with Gasteiger partial charge in [0.05, 0.1) is 5.69 Å². The van der Waals surface area contributed by atoms with Crippen LogP contribution in [0.25, 0.3) is 0 Å². The maximum atomic E-state index is 12.9. The van der Waals surface area contributed by atoms with Gasteiger partial charge in [-0.3, -0.25) is 9.52 Å². The van der Waals surface area contributed by atoms with Gasteiger partial charge in [0.2, 0.25) is 5.91 Å². The highest BCUT2D eigenvalue weighted by Crippen LogP contribution is 2.38. The Morgan fingerprint density at radius 2 is 1.79 bits per heavy atom. The van der Waals surface area contributed by atoms with Crippen LogP contribution in [0, 0.1) is 0 Å². The fraction of sp³-hybridized carbons (Fsp3) is 0.188. The fourth-order valence-electron chi connectivity index (χ4n) is 2.72. The highest BCUT2D eigenvalue weighted by Gasteiger charge is 2.31. The molecular weight excluding hydrogens is 460 g/mol. The molecule has 0 aliphatic carbocycles. The van der Waals surface area contributed by atoms with E-state index >= 15 is 0 Å². The summed E-state index contributed by atoms with van der Waals surface area (Å²) in [6.45, 7) is 1.93. The normalized spacial score (nSPS) is 13.7. The van der Waals surface area contributed by atoms with Crippen LogP contribution in [0.2, 0.25) is 0 Å². The fourth-order valence-corrected chi connectivity index (χ4v) is 4.97. The molecule has 1 amide bonds. The van der Waals surface area contributed by atoms with Gasteiger partial charge >= 0.3 is 0 Å². The van der Waals surface area contributed by atoms with Crippen LogP contribution in [0.5, 0.6) is 0 Å². The summed E-state index contributed by atoms with van der Waals surface area (Å²) in [5.74, 6) is -0.170. The summed E-state index contributed by atoms with van der Waals surface area (Å²) in [6.07, 6.45) is 0.634. The van der Waals surface area contributed by atoms with E-state index in [1.165, 1.54) is 17.9 Å². The Bertz CT molecular complexity index is 912. The third kappa shape index (κ3) is 3.36. The van der Waals surface area contributed by atoms with Gasteiger partial charge in [-0.1, -0.05) is 31.9 Å². The molecule has 24 heavy (non-hydrogen) atoms. The van der Waals surface area contributed by atoms with Gasteiger partial charge in [-0.2, -0.15) is 0 Å². The number of nitrogens with one attached hydrogen (secondary N) is 1. The first-order chi connectivity index (χ1) is 11.3. The molecule has 2 aromatic carbocycles. The van der Waals surface area contributed by atoms with Gasteiger partial charge in [0.1, 0.15) is 4.90 Å². The summed E-state index contributed by atoms with van der Waals surface area (Å²) in [7, 11) is -3.83. The van der Waals surface area contributed by atoms with Crippen LogP contribution in [0.3, 0.4) is 0 Å². The van der Waals surface area contributed by atoms with Gasteiger partial charge in [0, 0.05) is 28.1 Å². The number of fused-ring (bicyclic) bond motifs is 1. The monoisotopic (exact) mass is 472 g/mol. The molecule has 1 N–H and O–H groups in total. The number of amides is 1. The Kier molecular flexibility index (Phi) is 4.72.